The molecule has 0 heterocycles. The first kappa shape index (κ1) is 16.0. The molecule has 0 fully saturated rings. The van der Waals surface area contributed by atoms with Gasteiger partial charge in [-0.2, -0.15) is 0 Å². The molecule has 0 aliphatic rings. The number of aliphatic hydroxyl groups excluding tert-OH is 2. The van der Waals surface area contributed by atoms with Gasteiger partial charge in [-0.15, -0.1) is 23.2 Å². The Morgan fingerprint density at radius 1 is 0.875 bits per heavy atom. The molecule has 0 saturated heterocycles. The summed E-state index contributed by atoms with van der Waals surface area (Å²) in [5.41, 5.74) is 0. The fourth-order valence-corrected chi connectivity index (χ4v) is 0.861. The Labute approximate surface area is 105 Å². The van der Waals surface area contributed by atoms with E-state index >= 15 is 0 Å². The van der Waals surface area contributed by atoms with Gasteiger partial charge in [0.2, 0.25) is 0 Å². The molecule has 2 N–H and O–H groups in total. The van der Waals surface area contributed by atoms with E-state index in [0.29, 0.717) is 0 Å². The predicted molar refractivity (Wildman–Crippen MR) is 62.9 cm³/mol. The summed E-state index contributed by atoms with van der Waals surface area (Å²) < 4.78 is 10.0. The Kier molecular flexibility index (Phi) is 11.5. The third kappa shape index (κ3) is 10.5. The average molecular weight is 271 g/mol. The topological polar surface area (TPSA) is 58.9 Å². The van der Waals surface area contributed by atoms with Gasteiger partial charge in [-0.3, -0.25) is 0 Å². The van der Waals surface area contributed by atoms with Crippen LogP contribution in [0, 0.1) is 11.8 Å². The Hall–Kier alpha value is -0.0200. The molecular weight excluding hydrogens is 255 g/mol. The SMILES string of the molecule is O[C@H](CCl)COCC#CCOC[C@H](O)CCl. The van der Waals surface area contributed by atoms with Crippen LogP contribution in [0.3, 0.4) is 0 Å². The molecule has 0 aromatic rings. The van der Waals surface area contributed by atoms with Gasteiger partial charge in [0, 0.05) is 0 Å². The maximum Gasteiger partial charge on any atom is 0.107 e. The van der Waals surface area contributed by atoms with Crippen LogP contribution in [0.4, 0.5) is 0 Å². The maximum atomic E-state index is 9.02. The highest BCUT2D eigenvalue weighted by atomic mass is 35.5. The van der Waals surface area contributed by atoms with E-state index < -0.39 is 12.2 Å². The highest BCUT2D eigenvalue weighted by Crippen LogP contribution is 1.89. The Morgan fingerprint density at radius 2 is 1.25 bits per heavy atom. The molecule has 16 heavy (non-hydrogen) atoms. The van der Waals surface area contributed by atoms with Crippen LogP contribution in [-0.2, 0) is 9.47 Å². The number of hydrogen-bond acceptors (Lipinski definition) is 4. The molecule has 0 aliphatic carbocycles. The molecular formula is C10H16Cl2O4. The monoisotopic (exact) mass is 270 g/mol. The van der Waals surface area contributed by atoms with Crippen molar-refractivity contribution < 1.29 is 19.7 Å². The van der Waals surface area contributed by atoms with Gasteiger partial charge in [0.25, 0.3) is 0 Å². The minimum absolute atomic E-state index is 0.146. The molecule has 0 saturated carbocycles. The molecule has 0 aromatic heterocycles. The number of alkyl halides is 2. The van der Waals surface area contributed by atoms with Crippen LogP contribution >= 0.6 is 23.2 Å². The van der Waals surface area contributed by atoms with Crippen LogP contribution in [0.2, 0.25) is 0 Å². The molecule has 0 unspecified atom stereocenters. The van der Waals surface area contributed by atoms with E-state index in [0.717, 1.165) is 0 Å². The van der Waals surface area contributed by atoms with Gasteiger partial charge in [0.05, 0.1) is 37.2 Å². The van der Waals surface area contributed by atoms with E-state index in [-0.39, 0.29) is 38.2 Å². The molecule has 94 valence electrons. The lowest BCUT2D eigenvalue weighted by Gasteiger charge is -2.05. The van der Waals surface area contributed by atoms with Crippen molar-refractivity contribution in [2.45, 2.75) is 12.2 Å². The lowest BCUT2D eigenvalue weighted by Crippen LogP contribution is -2.17. The van der Waals surface area contributed by atoms with Crippen LogP contribution in [0.1, 0.15) is 0 Å². The first-order valence-electron chi connectivity index (χ1n) is 4.80. The molecule has 0 spiro atoms. The molecule has 0 aromatic carbocycles. The van der Waals surface area contributed by atoms with E-state index in [1.165, 1.54) is 0 Å². The molecule has 0 bridgehead atoms. The Balaban J connectivity index is 3.28. The quantitative estimate of drug-likeness (QED) is 0.377. The summed E-state index contributed by atoms with van der Waals surface area (Å²) in [5.74, 6) is 5.67. The third-order valence-electron chi connectivity index (χ3n) is 1.45. The summed E-state index contributed by atoms with van der Waals surface area (Å²) in [6.45, 7) is 0.777. The van der Waals surface area contributed by atoms with E-state index in [2.05, 4.69) is 11.8 Å². The zero-order chi connectivity index (χ0) is 12.2. The normalized spacial score (nSPS) is 14.0. The summed E-state index contributed by atoms with van der Waals surface area (Å²) in [6, 6.07) is 0. The smallest absolute Gasteiger partial charge is 0.107 e. The summed E-state index contributed by atoms with van der Waals surface area (Å²) in [6.07, 6.45) is -1.31. The number of ether oxygens (including phenoxy) is 2. The average Bonchev–Trinajstić information content (AvgIpc) is 2.31. The largest absolute Gasteiger partial charge is 0.389 e. The van der Waals surface area contributed by atoms with Gasteiger partial charge in [-0.05, 0) is 0 Å². The second kappa shape index (κ2) is 11.5. The van der Waals surface area contributed by atoms with Gasteiger partial charge < -0.3 is 19.7 Å². The van der Waals surface area contributed by atoms with Crippen LogP contribution < -0.4 is 0 Å². The number of aliphatic hydroxyl groups is 2. The fourth-order valence-electron chi connectivity index (χ4n) is 0.683. The lowest BCUT2D eigenvalue weighted by atomic mass is 10.4. The summed E-state index contributed by atoms with van der Waals surface area (Å²) in [7, 11) is 0. The van der Waals surface area contributed by atoms with Gasteiger partial charge in [-0.25, -0.2) is 0 Å². The zero-order valence-corrected chi connectivity index (χ0v) is 10.4. The van der Waals surface area contributed by atoms with Gasteiger partial charge in [0.15, 0.2) is 0 Å². The summed E-state index contributed by atoms with van der Waals surface area (Å²) >= 11 is 10.7. The molecule has 4 nitrogen and oxygen atoms in total. The van der Waals surface area contributed by atoms with Gasteiger partial charge in [0.1, 0.15) is 13.2 Å². The number of rotatable bonds is 8. The second-order valence-corrected chi connectivity index (χ2v) is 3.62. The summed E-state index contributed by atoms with van der Waals surface area (Å²) in [5, 5.41) is 18.0. The van der Waals surface area contributed by atoms with Crippen molar-refractivity contribution in [1.29, 1.82) is 0 Å². The van der Waals surface area contributed by atoms with Gasteiger partial charge >= 0.3 is 0 Å². The minimum Gasteiger partial charge on any atom is -0.389 e. The Morgan fingerprint density at radius 3 is 1.56 bits per heavy atom. The standard InChI is InChI=1S/C10H16Cl2O4/c11-5-9(13)7-15-3-1-2-4-16-8-10(14)6-12/h9-10,13-14H,3-8H2/t9-,10-/m1/s1. The van der Waals surface area contributed by atoms with Crippen LogP contribution in [0.15, 0.2) is 0 Å². The highest BCUT2D eigenvalue weighted by molar-refractivity contribution is 6.18. The van der Waals surface area contributed by atoms with Gasteiger partial charge in [-0.1, -0.05) is 11.8 Å². The van der Waals surface area contributed by atoms with Crippen molar-refractivity contribution in [3.8, 4) is 11.8 Å². The first-order valence-corrected chi connectivity index (χ1v) is 5.86. The lowest BCUT2D eigenvalue weighted by molar-refractivity contribution is 0.0614. The molecule has 0 aliphatic heterocycles. The second-order valence-electron chi connectivity index (χ2n) is 3.00. The molecule has 0 radical (unpaired) electrons. The third-order valence-corrected chi connectivity index (χ3v) is 2.16. The van der Waals surface area contributed by atoms with Crippen LogP contribution in [0.25, 0.3) is 0 Å². The van der Waals surface area contributed by atoms with E-state index in [1.54, 1.807) is 0 Å². The number of hydrogen-bond donors (Lipinski definition) is 2. The fraction of sp³-hybridized carbons (Fsp3) is 0.800. The van der Waals surface area contributed by atoms with Crippen molar-refractivity contribution in [2.24, 2.45) is 0 Å². The molecule has 0 amide bonds. The summed E-state index contributed by atoms with van der Waals surface area (Å²) in [4.78, 5) is 0. The highest BCUT2D eigenvalue weighted by Gasteiger charge is 2.00. The molecule has 0 rings (SSSR count). The predicted octanol–water partition coefficient (Wildman–Crippen LogP) is 0.222. The molecule has 6 heteroatoms. The van der Waals surface area contributed by atoms with Crippen molar-refractivity contribution in [1.82, 2.24) is 0 Å². The van der Waals surface area contributed by atoms with Crippen LogP contribution in [0.5, 0.6) is 0 Å². The minimum atomic E-state index is -0.654. The Bertz CT molecular complexity index is 195. The van der Waals surface area contributed by atoms with E-state index in [9.17, 15) is 0 Å². The van der Waals surface area contributed by atoms with Crippen molar-refractivity contribution in [3.05, 3.63) is 0 Å². The number of halogens is 2. The zero-order valence-electron chi connectivity index (χ0n) is 8.86. The first-order chi connectivity index (χ1) is 7.70. The van der Waals surface area contributed by atoms with Crippen molar-refractivity contribution in [2.75, 3.05) is 38.2 Å². The van der Waals surface area contributed by atoms with E-state index in [4.69, 9.17) is 42.9 Å². The maximum absolute atomic E-state index is 9.02. The van der Waals surface area contributed by atoms with E-state index in [1.807, 2.05) is 0 Å². The van der Waals surface area contributed by atoms with Crippen molar-refractivity contribution in [3.63, 3.8) is 0 Å². The van der Waals surface area contributed by atoms with Crippen molar-refractivity contribution >= 4 is 23.2 Å². The molecule has 2 atom stereocenters. The van der Waals surface area contributed by atoms with Crippen LogP contribution in [-0.4, -0.2) is 60.6 Å².